The predicted octanol–water partition coefficient (Wildman–Crippen LogP) is 5.66. The van der Waals surface area contributed by atoms with E-state index in [1.165, 1.54) is 11.3 Å². The van der Waals surface area contributed by atoms with Gasteiger partial charge in [0.15, 0.2) is 4.80 Å². The molecule has 142 valence electrons. The van der Waals surface area contributed by atoms with Crippen LogP contribution < -0.4 is 4.80 Å². The van der Waals surface area contributed by atoms with Crippen molar-refractivity contribution in [2.24, 2.45) is 17.0 Å². The van der Waals surface area contributed by atoms with Crippen LogP contribution in [0.1, 0.15) is 15.4 Å². The fourth-order valence-corrected chi connectivity index (χ4v) is 4.54. The Morgan fingerprint density at radius 2 is 1.89 bits per heavy atom. The minimum Gasteiger partial charge on any atom is -0.493 e. The first kappa shape index (κ1) is 18.9. The molecule has 8 heteroatoms. The van der Waals surface area contributed by atoms with Crippen molar-refractivity contribution in [3.8, 4) is 5.88 Å². The van der Waals surface area contributed by atoms with Crippen molar-refractivity contribution in [1.82, 2.24) is 9.55 Å². The number of aryl methyl sites for hydroxylation is 2. The number of aliphatic imine (C=N–C) groups is 1. The van der Waals surface area contributed by atoms with Gasteiger partial charge in [-0.05, 0) is 49.7 Å². The van der Waals surface area contributed by atoms with Gasteiger partial charge in [-0.1, -0.05) is 29.0 Å². The lowest BCUT2D eigenvalue weighted by Gasteiger charge is -1.98. The van der Waals surface area contributed by atoms with Crippen molar-refractivity contribution in [2.75, 3.05) is 0 Å². The molecule has 2 heterocycles. The van der Waals surface area contributed by atoms with Gasteiger partial charge >= 0.3 is 0 Å². The van der Waals surface area contributed by atoms with Crippen LogP contribution in [-0.4, -0.2) is 20.9 Å². The van der Waals surface area contributed by atoms with E-state index in [0.717, 1.165) is 32.2 Å². The molecule has 0 aliphatic carbocycles. The molecule has 0 aliphatic heterocycles. The molecule has 0 radical (unpaired) electrons. The van der Waals surface area contributed by atoms with Crippen molar-refractivity contribution in [3.05, 3.63) is 61.7 Å². The zero-order valence-corrected chi connectivity index (χ0v) is 17.9. The first-order chi connectivity index (χ1) is 13.4. The molecule has 0 aliphatic rings. The lowest BCUT2D eigenvalue weighted by atomic mass is 10.2. The van der Waals surface area contributed by atoms with E-state index in [-0.39, 0.29) is 5.88 Å². The molecule has 5 nitrogen and oxygen atoms in total. The molecule has 2 aromatic carbocycles. The molecule has 0 bridgehead atoms. The molecule has 1 N–H and O–H groups in total. The van der Waals surface area contributed by atoms with Gasteiger partial charge in [-0.25, -0.2) is 9.98 Å². The summed E-state index contributed by atoms with van der Waals surface area (Å²) in [5, 5.41) is 12.1. The van der Waals surface area contributed by atoms with E-state index >= 15 is 0 Å². The van der Waals surface area contributed by atoms with Crippen molar-refractivity contribution < 1.29 is 5.11 Å². The summed E-state index contributed by atoms with van der Waals surface area (Å²) in [7, 11) is 1.77. The number of halogens is 1. The van der Waals surface area contributed by atoms with Crippen LogP contribution in [-0.2, 0) is 7.05 Å². The molecule has 0 unspecified atom stereocenters. The van der Waals surface area contributed by atoms with Gasteiger partial charge in [0.05, 0.1) is 32.8 Å². The SMILES string of the molecule is Cc1nc2cc(N=c3sc(C=Nc4ccc(C)c(Cl)c4)c(O)n3C)ccc2s1. The second kappa shape index (κ2) is 7.50. The van der Waals surface area contributed by atoms with Crippen molar-refractivity contribution in [2.45, 2.75) is 13.8 Å². The van der Waals surface area contributed by atoms with Crippen molar-refractivity contribution in [3.63, 3.8) is 0 Å². The molecule has 2 aromatic heterocycles. The van der Waals surface area contributed by atoms with Crippen LogP contribution in [0.25, 0.3) is 10.2 Å². The Labute approximate surface area is 175 Å². The summed E-state index contributed by atoms with van der Waals surface area (Å²) in [5.74, 6) is 0.122. The van der Waals surface area contributed by atoms with Crippen LogP contribution in [0.4, 0.5) is 11.4 Å². The highest BCUT2D eigenvalue weighted by molar-refractivity contribution is 7.18. The maximum Gasteiger partial charge on any atom is 0.212 e. The van der Waals surface area contributed by atoms with Crippen LogP contribution >= 0.6 is 34.3 Å². The molecular formula is C20H17ClN4OS2. The highest BCUT2D eigenvalue weighted by atomic mass is 35.5. The molecule has 0 spiro atoms. The van der Waals surface area contributed by atoms with E-state index in [0.29, 0.717) is 14.7 Å². The third-order valence-electron chi connectivity index (χ3n) is 4.22. The maximum atomic E-state index is 10.4. The van der Waals surface area contributed by atoms with E-state index in [1.54, 1.807) is 35.2 Å². The minimum atomic E-state index is 0.122. The summed E-state index contributed by atoms with van der Waals surface area (Å²) in [5.41, 5.74) is 3.46. The number of benzene rings is 2. The first-order valence-electron chi connectivity index (χ1n) is 8.51. The van der Waals surface area contributed by atoms with E-state index < -0.39 is 0 Å². The average molecular weight is 429 g/mol. The molecule has 0 atom stereocenters. The Bertz CT molecular complexity index is 1280. The summed E-state index contributed by atoms with van der Waals surface area (Å²) < 4.78 is 2.78. The monoisotopic (exact) mass is 428 g/mol. The molecule has 4 rings (SSSR count). The highest BCUT2D eigenvalue weighted by Crippen LogP contribution is 2.27. The second-order valence-corrected chi connectivity index (χ2v) is 8.97. The van der Waals surface area contributed by atoms with E-state index in [4.69, 9.17) is 11.6 Å². The van der Waals surface area contributed by atoms with Crippen LogP contribution in [0.15, 0.2) is 46.4 Å². The normalized spacial score (nSPS) is 12.5. The van der Waals surface area contributed by atoms with Gasteiger partial charge in [0.1, 0.15) is 4.88 Å². The molecule has 0 amide bonds. The first-order valence-corrected chi connectivity index (χ1v) is 10.5. The molecule has 0 saturated carbocycles. The van der Waals surface area contributed by atoms with E-state index in [9.17, 15) is 5.11 Å². The van der Waals surface area contributed by atoms with Crippen LogP contribution in [0, 0.1) is 13.8 Å². The smallest absolute Gasteiger partial charge is 0.212 e. The Hall–Kier alpha value is -2.48. The molecular weight excluding hydrogens is 412 g/mol. The van der Waals surface area contributed by atoms with Gasteiger partial charge in [0.25, 0.3) is 0 Å². The minimum absolute atomic E-state index is 0.122. The van der Waals surface area contributed by atoms with E-state index in [2.05, 4.69) is 15.0 Å². The van der Waals surface area contributed by atoms with Crippen LogP contribution in [0.5, 0.6) is 5.88 Å². The van der Waals surface area contributed by atoms with Crippen LogP contribution in [0.2, 0.25) is 5.02 Å². The Morgan fingerprint density at radius 3 is 2.68 bits per heavy atom. The fourth-order valence-electron chi connectivity index (χ4n) is 2.66. The number of rotatable bonds is 3. The number of nitrogens with zero attached hydrogens (tertiary/aromatic N) is 4. The molecule has 4 aromatic rings. The quantitative estimate of drug-likeness (QED) is 0.428. The summed E-state index contributed by atoms with van der Waals surface area (Å²) in [6.45, 7) is 3.94. The Morgan fingerprint density at radius 1 is 1.11 bits per heavy atom. The number of aromatic nitrogens is 2. The Kier molecular flexibility index (Phi) is 5.05. The molecule has 28 heavy (non-hydrogen) atoms. The van der Waals surface area contributed by atoms with Gasteiger partial charge < -0.3 is 5.11 Å². The topological polar surface area (TPSA) is 62.8 Å². The van der Waals surface area contributed by atoms with Crippen molar-refractivity contribution in [1.29, 1.82) is 0 Å². The second-order valence-electron chi connectivity index (χ2n) is 6.32. The summed E-state index contributed by atoms with van der Waals surface area (Å²) >= 11 is 9.17. The lowest BCUT2D eigenvalue weighted by Crippen LogP contribution is -2.08. The third kappa shape index (κ3) is 3.73. The zero-order valence-electron chi connectivity index (χ0n) is 15.5. The highest BCUT2D eigenvalue weighted by Gasteiger charge is 2.09. The number of aromatic hydroxyl groups is 1. The number of thiazole rings is 2. The zero-order chi connectivity index (χ0) is 19.8. The fraction of sp³-hybridized carbons (Fsp3) is 0.150. The Balaban J connectivity index is 1.69. The van der Waals surface area contributed by atoms with Crippen molar-refractivity contribution >= 4 is 62.1 Å². The standard InChI is InChI=1S/C20H17ClN4OS2/c1-11-4-5-13(8-15(11)21)22-10-18-19(26)25(3)20(28-18)24-14-6-7-17-16(9-14)23-12(2)27-17/h4-10,26H,1-3H3. The molecule has 0 fully saturated rings. The largest absolute Gasteiger partial charge is 0.493 e. The summed E-state index contributed by atoms with van der Waals surface area (Å²) in [6, 6.07) is 11.5. The van der Waals surface area contributed by atoms with Gasteiger partial charge in [0.2, 0.25) is 5.88 Å². The average Bonchev–Trinajstić information content (AvgIpc) is 3.16. The van der Waals surface area contributed by atoms with E-state index in [1.807, 2.05) is 44.2 Å². The van der Waals surface area contributed by atoms with Crippen LogP contribution in [0.3, 0.4) is 0 Å². The number of hydrogen-bond acceptors (Lipinski definition) is 6. The predicted molar refractivity (Wildman–Crippen MR) is 118 cm³/mol. The maximum absolute atomic E-state index is 10.4. The number of hydrogen-bond donors (Lipinski definition) is 1. The van der Waals surface area contributed by atoms with Gasteiger partial charge in [0, 0.05) is 12.1 Å². The molecule has 0 saturated heterocycles. The van der Waals surface area contributed by atoms with Gasteiger partial charge in [-0.2, -0.15) is 0 Å². The van der Waals surface area contributed by atoms with Gasteiger partial charge in [-0.15, -0.1) is 11.3 Å². The number of fused-ring (bicyclic) bond motifs is 1. The summed E-state index contributed by atoms with van der Waals surface area (Å²) in [4.78, 5) is 14.9. The lowest BCUT2D eigenvalue weighted by molar-refractivity contribution is 0.428. The van der Waals surface area contributed by atoms with Gasteiger partial charge in [-0.3, -0.25) is 9.56 Å². The third-order valence-corrected chi connectivity index (χ3v) is 6.63. The summed E-state index contributed by atoms with van der Waals surface area (Å²) in [6.07, 6.45) is 1.63.